The second-order valence-electron chi connectivity index (χ2n) is 4.27. The summed E-state index contributed by atoms with van der Waals surface area (Å²) < 4.78 is 0. The van der Waals surface area contributed by atoms with Gasteiger partial charge in [-0.1, -0.05) is 49.4 Å². The Hall–Kier alpha value is -1.12. The van der Waals surface area contributed by atoms with E-state index in [2.05, 4.69) is 36.5 Å². The Morgan fingerprint density at radius 3 is 2.56 bits per heavy atom. The summed E-state index contributed by atoms with van der Waals surface area (Å²) in [6, 6.07) is 10.2. The number of hydrogen-bond acceptors (Lipinski definition) is 2. The van der Waals surface area contributed by atoms with Gasteiger partial charge in [0.25, 0.3) is 0 Å². The van der Waals surface area contributed by atoms with Gasteiger partial charge in [-0.3, -0.25) is 0 Å². The van der Waals surface area contributed by atoms with Gasteiger partial charge in [-0.2, -0.15) is 0 Å². The molecule has 2 nitrogen and oxygen atoms in total. The quantitative estimate of drug-likeness (QED) is 0.770. The highest BCUT2D eigenvalue weighted by atomic mass is 16.3. The van der Waals surface area contributed by atoms with Crippen molar-refractivity contribution in [1.29, 1.82) is 0 Å². The Bertz CT molecular complexity index is 315. The van der Waals surface area contributed by atoms with E-state index in [4.69, 9.17) is 0 Å². The number of nitrogens with one attached hydrogen (secondary N) is 1. The fourth-order valence-corrected chi connectivity index (χ4v) is 1.36. The lowest BCUT2D eigenvalue weighted by Gasteiger charge is -2.26. The van der Waals surface area contributed by atoms with Crippen molar-refractivity contribution in [2.75, 3.05) is 13.2 Å². The van der Waals surface area contributed by atoms with Gasteiger partial charge in [-0.25, -0.2) is 0 Å². The van der Waals surface area contributed by atoms with Crippen LogP contribution in [0.15, 0.2) is 36.4 Å². The molecule has 0 radical (unpaired) electrons. The molecule has 1 aromatic rings. The van der Waals surface area contributed by atoms with Crippen LogP contribution in [-0.4, -0.2) is 23.8 Å². The van der Waals surface area contributed by atoms with Crippen LogP contribution in [0, 0.1) is 0 Å². The van der Waals surface area contributed by atoms with Crippen LogP contribution in [0.2, 0.25) is 0 Å². The summed E-state index contributed by atoms with van der Waals surface area (Å²) in [5, 5.41) is 12.5. The summed E-state index contributed by atoms with van der Waals surface area (Å²) in [5.74, 6) is 0. The summed E-state index contributed by atoms with van der Waals surface area (Å²) in [6.07, 6.45) is 5.09. The minimum Gasteiger partial charge on any atom is -0.394 e. The van der Waals surface area contributed by atoms with E-state index in [0.29, 0.717) is 0 Å². The molecule has 1 atom stereocenters. The molecule has 2 heteroatoms. The van der Waals surface area contributed by atoms with Crippen molar-refractivity contribution in [3.63, 3.8) is 0 Å². The van der Waals surface area contributed by atoms with Gasteiger partial charge < -0.3 is 10.4 Å². The largest absolute Gasteiger partial charge is 0.394 e. The SMILES string of the molecule is CCC(C)(CO)NCC=Cc1ccccc1. The summed E-state index contributed by atoms with van der Waals surface area (Å²) in [4.78, 5) is 0. The molecule has 0 amide bonds. The Balaban J connectivity index is 2.38. The maximum Gasteiger partial charge on any atom is 0.0610 e. The molecule has 0 bridgehead atoms. The van der Waals surface area contributed by atoms with Crippen molar-refractivity contribution < 1.29 is 5.11 Å². The van der Waals surface area contributed by atoms with Crippen LogP contribution in [0.1, 0.15) is 25.8 Å². The molecule has 88 valence electrons. The van der Waals surface area contributed by atoms with Crippen LogP contribution in [0.4, 0.5) is 0 Å². The smallest absolute Gasteiger partial charge is 0.0610 e. The minimum atomic E-state index is -0.166. The Kier molecular flexibility index (Phi) is 5.23. The molecule has 0 aliphatic rings. The molecule has 0 saturated carbocycles. The molecule has 1 rings (SSSR count). The predicted molar refractivity (Wildman–Crippen MR) is 69.3 cm³/mol. The summed E-state index contributed by atoms with van der Waals surface area (Å²) >= 11 is 0. The average Bonchev–Trinajstić information content (AvgIpc) is 2.36. The van der Waals surface area contributed by atoms with Crippen molar-refractivity contribution in [2.45, 2.75) is 25.8 Å². The fraction of sp³-hybridized carbons (Fsp3) is 0.429. The van der Waals surface area contributed by atoms with E-state index < -0.39 is 0 Å². The normalized spacial score (nSPS) is 15.2. The van der Waals surface area contributed by atoms with Crippen molar-refractivity contribution in [1.82, 2.24) is 5.32 Å². The van der Waals surface area contributed by atoms with Gasteiger partial charge in [-0.05, 0) is 18.9 Å². The van der Waals surface area contributed by atoms with E-state index in [-0.39, 0.29) is 12.1 Å². The highest BCUT2D eigenvalue weighted by molar-refractivity contribution is 5.48. The second-order valence-corrected chi connectivity index (χ2v) is 4.27. The maximum absolute atomic E-state index is 9.22. The van der Waals surface area contributed by atoms with Crippen LogP contribution in [0.25, 0.3) is 6.08 Å². The molecule has 0 heterocycles. The van der Waals surface area contributed by atoms with Gasteiger partial charge in [0.2, 0.25) is 0 Å². The molecule has 0 saturated heterocycles. The van der Waals surface area contributed by atoms with Crippen LogP contribution in [0.5, 0.6) is 0 Å². The third-order valence-electron chi connectivity index (χ3n) is 2.89. The van der Waals surface area contributed by atoms with Gasteiger partial charge in [0.1, 0.15) is 0 Å². The molecule has 1 unspecified atom stereocenters. The molecule has 1 aromatic carbocycles. The first-order chi connectivity index (χ1) is 7.70. The van der Waals surface area contributed by atoms with E-state index in [1.54, 1.807) is 0 Å². The highest BCUT2D eigenvalue weighted by Crippen LogP contribution is 2.07. The molecular formula is C14H21NO. The fourth-order valence-electron chi connectivity index (χ4n) is 1.36. The Morgan fingerprint density at radius 2 is 2.00 bits per heavy atom. The molecule has 0 spiro atoms. The monoisotopic (exact) mass is 219 g/mol. The second kappa shape index (κ2) is 6.46. The van der Waals surface area contributed by atoms with Crippen LogP contribution >= 0.6 is 0 Å². The molecule has 0 aliphatic heterocycles. The molecule has 0 aromatic heterocycles. The number of benzene rings is 1. The lowest BCUT2D eigenvalue weighted by molar-refractivity contribution is 0.174. The standard InChI is InChI=1S/C14H21NO/c1-3-14(2,12-16)15-11-7-10-13-8-5-4-6-9-13/h4-10,15-16H,3,11-12H2,1-2H3. The van der Waals surface area contributed by atoms with Gasteiger partial charge >= 0.3 is 0 Å². The number of aliphatic hydroxyl groups excluding tert-OH is 1. The lowest BCUT2D eigenvalue weighted by Crippen LogP contribution is -2.45. The predicted octanol–water partition coefficient (Wildman–Crippen LogP) is 2.45. The molecule has 0 aliphatic carbocycles. The minimum absolute atomic E-state index is 0.166. The van der Waals surface area contributed by atoms with Crippen molar-refractivity contribution in [3.8, 4) is 0 Å². The summed E-state index contributed by atoms with van der Waals surface area (Å²) in [7, 11) is 0. The average molecular weight is 219 g/mol. The van der Waals surface area contributed by atoms with E-state index >= 15 is 0 Å². The van der Waals surface area contributed by atoms with E-state index in [1.165, 1.54) is 5.56 Å². The molecular weight excluding hydrogens is 198 g/mol. The Labute approximate surface area is 98.0 Å². The Morgan fingerprint density at radius 1 is 1.31 bits per heavy atom. The highest BCUT2D eigenvalue weighted by Gasteiger charge is 2.18. The van der Waals surface area contributed by atoms with Gasteiger partial charge in [0, 0.05) is 12.1 Å². The zero-order valence-corrected chi connectivity index (χ0v) is 10.1. The van der Waals surface area contributed by atoms with Gasteiger partial charge in [0.15, 0.2) is 0 Å². The number of aliphatic hydroxyl groups is 1. The van der Waals surface area contributed by atoms with E-state index in [9.17, 15) is 5.11 Å². The maximum atomic E-state index is 9.22. The lowest BCUT2D eigenvalue weighted by atomic mass is 10.0. The van der Waals surface area contributed by atoms with E-state index in [1.807, 2.05) is 25.1 Å². The van der Waals surface area contributed by atoms with Crippen LogP contribution in [0.3, 0.4) is 0 Å². The van der Waals surface area contributed by atoms with Crippen molar-refractivity contribution in [2.24, 2.45) is 0 Å². The van der Waals surface area contributed by atoms with Crippen molar-refractivity contribution >= 4 is 6.08 Å². The molecule has 2 N–H and O–H groups in total. The van der Waals surface area contributed by atoms with E-state index in [0.717, 1.165) is 13.0 Å². The first-order valence-corrected chi connectivity index (χ1v) is 5.77. The first-order valence-electron chi connectivity index (χ1n) is 5.77. The van der Waals surface area contributed by atoms with Gasteiger partial charge in [0.05, 0.1) is 6.61 Å². The number of rotatable bonds is 6. The summed E-state index contributed by atoms with van der Waals surface area (Å²) in [6.45, 7) is 5.05. The molecule has 16 heavy (non-hydrogen) atoms. The van der Waals surface area contributed by atoms with Gasteiger partial charge in [-0.15, -0.1) is 0 Å². The number of hydrogen-bond donors (Lipinski definition) is 2. The van der Waals surface area contributed by atoms with Crippen LogP contribution < -0.4 is 5.32 Å². The third-order valence-corrected chi connectivity index (χ3v) is 2.89. The summed E-state index contributed by atoms with van der Waals surface area (Å²) in [5.41, 5.74) is 1.03. The first kappa shape index (κ1) is 12.9. The topological polar surface area (TPSA) is 32.3 Å². The molecule has 0 fully saturated rings. The zero-order chi connectivity index (χ0) is 11.9. The third kappa shape index (κ3) is 4.17. The van der Waals surface area contributed by atoms with Crippen LogP contribution in [-0.2, 0) is 0 Å². The van der Waals surface area contributed by atoms with Crippen molar-refractivity contribution in [3.05, 3.63) is 42.0 Å². The zero-order valence-electron chi connectivity index (χ0n) is 10.1.